The van der Waals surface area contributed by atoms with Crippen LogP contribution in [0.4, 0.5) is 5.82 Å². The van der Waals surface area contributed by atoms with Crippen molar-refractivity contribution in [2.75, 3.05) is 5.32 Å². The molecule has 1 amide bonds. The zero-order valence-electron chi connectivity index (χ0n) is 12.8. The Morgan fingerprint density at radius 2 is 1.96 bits per heavy atom. The van der Waals surface area contributed by atoms with Crippen molar-refractivity contribution in [2.45, 2.75) is 6.92 Å². The van der Waals surface area contributed by atoms with Crippen LogP contribution in [0.25, 0.3) is 20.1 Å². The molecule has 0 aliphatic carbocycles. The van der Waals surface area contributed by atoms with E-state index in [0.29, 0.717) is 10.7 Å². The lowest BCUT2D eigenvalue weighted by Gasteiger charge is -2.02. The van der Waals surface area contributed by atoms with Crippen LogP contribution in [-0.4, -0.2) is 15.9 Å². The number of benzene rings is 1. The van der Waals surface area contributed by atoms with E-state index in [1.807, 2.05) is 49.4 Å². The van der Waals surface area contributed by atoms with E-state index in [1.54, 1.807) is 17.5 Å². The fourth-order valence-corrected chi connectivity index (χ4v) is 4.26. The van der Waals surface area contributed by atoms with Gasteiger partial charge in [-0.25, -0.2) is 9.97 Å². The van der Waals surface area contributed by atoms with Crippen molar-refractivity contribution in [1.82, 2.24) is 9.97 Å². The molecule has 0 spiro atoms. The average Bonchev–Trinajstić information content (AvgIpc) is 3.21. The van der Waals surface area contributed by atoms with E-state index in [-0.39, 0.29) is 5.91 Å². The van der Waals surface area contributed by atoms with Crippen LogP contribution in [0.5, 0.6) is 0 Å². The number of rotatable bonds is 3. The smallest absolute Gasteiger partial charge is 0.266 e. The molecule has 0 radical (unpaired) electrons. The number of thiazole rings is 1. The summed E-state index contributed by atoms with van der Waals surface area (Å²) in [4.78, 5) is 22.8. The number of anilines is 1. The molecular formula is C18H13N3OS2. The number of para-hydroxylation sites is 1. The number of carbonyl (C=O) groups is 1. The topological polar surface area (TPSA) is 54.9 Å². The largest absolute Gasteiger partial charge is 0.306 e. The summed E-state index contributed by atoms with van der Waals surface area (Å²) in [5, 5.41) is 3.77. The first-order valence-corrected chi connectivity index (χ1v) is 9.02. The maximum absolute atomic E-state index is 12.4. The Balaban J connectivity index is 1.58. The SMILES string of the molecule is Cc1ccnc(NC(=O)c2ccc(-c3nc4ccccc4s3)s2)c1. The molecule has 0 aliphatic rings. The van der Waals surface area contributed by atoms with Crippen LogP contribution in [0.1, 0.15) is 15.2 Å². The van der Waals surface area contributed by atoms with Crippen LogP contribution in [-0.2, 0) is 0 Å². The van der Waals surface area contributed by atoms with Gasteiger partial charge in [0.05, 0.1) is 20.0 Å². The number of carbonyl (C=O) groups excluding carboxylic acids is 1. The van der Waals surface area contributed by atoms with Crippen LogP contribution in [0.2, 0.25) is 0 Å². The summed E-state index contributed by atoms with van der Waals surface area (Å²) < 4.78 is 1.15. The Bertz CT molecular complexity index is 1000. The molecule has 0 fully saturated rings. The van der Waals surface area contributed by atoms with Gasteiger partial charge >= 0.3 is 0 Å². The number of nitrogens with one attached hydrogen (secondary N) is 1. The van der Waals surface area contributed by atoms with E-state index >= 15 is 0 Å². The third-order valence-corrected chi connectivity index (χ3v) is 5.78. The number of hydrogen-bond acceptors (Lipinski definition) is 5. The Labute approximate surface area is 146 Å². The Kier molecular flexibility index (Phi) is 3.84. The van der Waals surface area contributed by atoms with Gasteiger partial charge in [-0.2, -0.15) is 0 Å². The molecule has 0 saturated carbocycles. The molecule has 1 N–H and O–H groups in total. The molecular weight excluding hydrogens is 338 g/mol. The van der Waals surface area contributed by atoms with E-state index in [0.717, 1.165) is 25.7 Å². The molecule has 3 heterocycles. The molecule has 6 heteroatoms. The summed E-state index contributed by atoms with van der Waals surface area (Å²) in [5.74, 6) is 0.417. The molecule has 0 aliphatic heterocycles. The monoisotopic (exact) mass is 351 g/mol. The van der Waals surface area contributed by atoms with Crippen molar-refractivity contribution in [3.05, 3.63) is 65.2 Å². The number of aromatic nitrogens is 2. The normalized spacial score (nSPS) is 10.9. The molecule has 4 aromatic rings. The summed E-state index contributed by atoms with van der Waals surface area (Å²) in [7, 11) is 0. The van der Waals surface area contributed by atoms with E-state index in [1.165, 1.54) is 11.3 Å². The minimum atomic E-state index is -0.148. The van der Waals surface area contributed by atoms with Crippen molar-refractivity contribution in [1.29, 1.82) is 0 Å². The van der Waals surface area contributed by atoms with Gasteiger partial charge in [-0.1, -0.05) is 12.1 Å². The minimum absolute atomic E-state index is 0.148. The highest BCUT2D eigenvalue weighted by atomic mass is 32.1. The maximum Gasteiger partial charge on any atom is 0.266 e. The summed E-state index contributed by atoms with van der Waals surface area (Å²) in [6, 6.07) is 15.6. The standard InChI is InChI=1S/C18H13N3OS2/c1-11-8-9-19-16(10-11)21-17(22)14-6-7-15(23-14)18-20-12-4-2-3-5-13(12)24-18/h2-10H,1H3,(H,19,21,22). The molecule has 4 nitrogen and oxygen atoms in total. The van der Waals surface area contributed by atoms with Gasteiger partial charge in [0.2, 0.25) is 0 Å². The summed E-state index contributed by atoms with van der Waals surface area (Å²) >= 11 is 3.08. The van der Waals surface area contributed by atoms with E-state index in [4.69, 9.17) is 0 Å². The van der Waals surface area contributed by atoms with E-state index < -0.39 is 0 Å². The van der Waals surface area contributed by atoms with Gasteiger partial charge in [-0.3, -0.25) is 4.79 Å². The third kappa shape index (κ3) is 2.93. The second-order valence-corrected chi connectivity index (χ2v) is 7.44. The molecule has 0 saturated heterocycles. The molecule has 0 unspecified atom stereocenters. The van der Waals surface area contributed by atoms with E-state index in [9.17, 15) is 4.79 Å². The second-order valence-electron chi connectivity index (χ2n) is 5.32. The van der Waals surface area contributed by atoms with E-state index in [2.05, 4.69) is 21.4 Å². The highest BCUT2D eigenvalue weighted by Gasteiger charge is 2.13. The number of aryl methyl sites for hydroxylation is 1. The molecule has 4 rings (SSSR count). The molecule has 3 aromatic heterocycles. The third-order valence-electron chi connectivity index (χ3n) is 3.49. The maximum atomic E-state index is 12.4. The predicted octanol–water partition coefficient (Wildman–Crippen LogP) is 4.98. The van der Waals surface area contributed by atoms with Crippen molar-refractivity contribution in [3.63, 3.8) is 0 Å². The highest BCUT2D eigenvalue weighted by Crippen LogP contribution is 2.34. The highest BCUT2D eigenvalue weighted by molar-refractivity contribution is 7.26. The van der Waals surface area contributed by atoms with Crippen molar-refractivity contribution < 1.29 is 4.79 Å². The lowest BCUT2D eigenvalue weighted by Crippen LogP contribution is -2.11. The lowest BCUT2D eigenvalue weighted by molar-refractivity contribution is 0.103. The number of thiophene rings is 1. The summed E-state index contributed by atoms with van der Waals surface area (Å²) in [6.07, 6.45) is 1.69. The van der Waals surface area contributed by atoms with Crippen LogP contribution in [0.3, 0.4) is 0 Å². The average molecular weight is 351 g/mol. The van der Waals surface area contributed by atoms with Gasteiger partial charge in [0.15, 0.2) is 0 Å². The number of hydrogen-bond donors (Lipinski definition) is 1. The minimum Gasteiger partial charge on any atom is -0.306 e. The van der Waals surface area contributed by atoms with Gasteiger partial charge in [-0.15, -0.1) is 22.7 Å². The van der Waals surface area contributed by atoms with Crippen molar-refractivity contribution in [3.8, 4) is 9.88 Å². The van der Waals surface area contributed by atoms with Gasteiger partial charge in [0.1, 0.15) is 10.8 Å². The number of pyridine rings is 1. The van der Waals surface area contributed by atoms with Crippen molar-refractivity contribution in [2.24, 2.45) is 0 Å². The lowest BCUT2D eigenvalue weighted by atomic mass is 10.3. The number of fused-ring (bicyclic) bond motifs is 1. The van der Waals surface area contributed by atoms with Gasteiger partial charge in [0, 0.05) is 6.20 Å². The van der Waals surface area contributed by atoms with Crippen LogP contribution in [0.15, 0.2) is 54.7 Å². The number of amides is 1. The van der Waals surface area contributed by atoms with Gasteiger partial charge in [-0.05, 0) is 48.9 Å². The quantitative estimate of drug-likeness (QED) is 0.566. The molecule has 24 heavy (non-hydrogen) atoms. The van der Waals surface area contributed by atoms with Gasteiger partial charge in [0.25, 0.3) is 5.91 Å². The fraction of sp³-hybridized carbons (Fsp3) is 0.0556. The molecule has 118 valence electrons. The van der Waals surface area contributed by atoms with Crippen LogP contribution >= 0.6 is 22.7 Å². The number of nitrogens with zero attached hydrogens (tertiary/aromatic N) is 2. The second kappa shape index (κ2) is 6.14. The molecule has 1 aromatic carbocycles. The Hall–Kier alpha value is -2.57. The van der Waals surface area contributed by atoms with Crippen molar-refractivity contribution >= 4 is 44.6 Å². The summed E-state index contributed by atoms with van der Waals surface area (Å²) in [6.45, 7) is 1.97. The van der Waals surface area contributed by atoms with Gasteiger partial charge < -0.3 is 5.32 Å². The fourth-order valence-electron chi connectivity index (χ4n) is 2.33. The van der Waals surface area contributed by atoms with Crippen LogP contribution in [0, 0.1) is 6.92 Å². The van der Waals surface area contributed by atoms with Crippen LogP contribution < -0.4 is 5.32 Å². The summed E-state index contributed by atoms with van der Waals surface area (Å²) in [5.41, 5.74) is 2.04. The first-order valence-electron chi connectivity index (χ1n) is 7.39. The first-order chi connectivity index (χ1) is 11.7. The molecule has 0 bridgehead atoms. The predicted molar refractivity (Wildman–Crippen MR) is 99.9 cm³/mol. The zero-order chi connectivity index (χ0) is 16.5. The Morgan fingerprint density at radius 1 is 1.08 bits per heavy atom. The Morgan fingerprint density at radius 3 is 2.79 bits per heavy atom. The zero-order valence-corrected chi connectivity index (χ0v) is 14.4. The molecule has 0 atom stereocenters. The first kappa shape index (κ1) is 15.0.